The van der Waals surface area contributed by atoms with E-state index < -0.39 is 97.5 Å². The predicted molar refractivity (Wildman–Crippen MR) is 399 cm³/mol. The van der Waals surface area contributed by atoms with E-state index in [1.54, 1.807) is 0 Å². The second-order valence-corrected chi connectivity index (χ2v) is 28.5. The Bertz CT molecular complexity index is 2240. The molecule has 0 bridgehead atoms. The zero-order valence-electron chi connectivity index (χ0n) is 61.7. The van der Waals surface area contributed by atoms with E-state index in [1.807, 2.05) is 0 Å². The van der Waals surface area contributed by atoms with E-state index in [9.17, 15) is 43.2 Å². The van der Waals surface area contributed by atoms with Crippen LogP contribution >= 0.6 is 15.6 Å². The predicted octanol–water partition coefficient (Wildman–Crippen LogP) is 22.0. The summed E-state index contributed by atoms with van der Waals surface area (Å²) in [6.45, 7) is 4.62. The van der Waals surface area contributed by atoms with Gasteiger partial charge in [0.25, 0.3) is 0 Å². The highest BCUT2D eigenvalue weighted by Gasteiger charge is 2.30. The van der Waals surface area contributed by atoms with Crippen molar-refractivity contribution in [1.29, 1.82) is 0 Å². The minimum atomic E-state index is -4.98. The van der Waals surface area contributed by atoms with Crippen LogP contribution in [0, 0.1) is 0 Å². The normalized spacial score (nSPS) is 14.5. The van der Waals surface area contributed by atoms with Crippen LogP contribution in [0.1, 0.15) is 323 Å². The Morgan fingerprint density at radius 3 is 0.898 bits per heavy atom. The van der Waals surface area contributed by atoms with Crippen LogP contribution in [0.5, 0.6) is 0 Å². The largest absolute Gasteiger partial charge is 0.472 e. The van der Waals surface area contributed by atoms with Crippen molar-refractivity contribution in [2.24, 2.45) is 0 Å². The van der Waals surface area contributed by atoms with E-state index in [1.165, 1.54) is 83.5 Å². The summed E-state index contributed by atoms with van der Waals surface area (Å²) in [5, 5.41) is 10.6. The van der Waals surface area contributed by atoms with Crippen LogP contribution in [0.25, 0.3) is 0 Å². The first-order valence-corrected chi connectivity index (χ1v) is 41.5. The van der Waals surface area contributed by atoms with Gasteiger partial charge in [-0.1, -0.05) is 273 Å². The van der Waals surface area contributed by atoms with Gasteiger partial charge in [-0.3, -0.25) is 37.3 Å². The third-order valence-electron chi connectivity index (χ3n) is 16.0. The van der Waals surface area contributed by atoms with Crippen molar-refractivity contribution >= 4 is 39.5 Å². The average molecular weight is 1420 g/mol. The molecule has 17 nitrogen and oxygen atoms in total. The number of allylic oxidation sites excluding steroid dienone is 16. The number of phosphoric acid groups is 2. The van der Waals surface area contributed by atoms with Crippen molar-refractivity contribution in [2.75, 3.05) is 39.6 Å². The van der Waals surface area contributed by atoms with E-state index >= 15 is 0 Å². The van der Waals surface area contributed by atoms with E-state index in [0.29, 0.717) is 25.7 Å². The molecule has 5 atom stereocenters. The number of ether oxygens (including phenoxy) is 4. The molecule has 0 saturated carbocycles. The van der Waals surface area contributed by atoms with Crippen LogP contribution in [-0.4, -0.2) is 96.7 Å². The van der Waals surface area contributed by atoms with Gasteiger partial charge in [0.05, 0.1) is 26.4 Å². The van der Waals surface area contributed by atoms with Crippen LogP contribution in [0.2, 0.25) is 0 Å². The van der Waals surface area contributed by atoms with Crippen molar-refractivity contribution in [3.05, 3.63) is 97.2 Å². The average Bonchev–Trinajstić information content (AvgIpc) is 0.959. The molecule has 0 aromatic rings. The number of unbranched alkanes of at least 4 members (excludes halogenated alkanes) is 30. The second kappa shape index (κ2) is 71.4. The van der Waals surface area contributed by atoms with Crippen LogP contribution in [0.3, 0.4) is 0 Å². The lowest BCUT2D eigenvalue weighted by Crippen LogP contribution is -2.30. The lowest BCUT2D eigenvalue weighted by Gasteiger charge is -2.21. The highest BCUT2D eigenvalue weighted by atomic mass is 31.2. The Hall–Kier alpha value is -4.02. The minimum absolute atomic E-state index is 0.0691. The summed E-state index contributed by atoms with van der Waals surface area (Å²) in [6, 6.07) is 0. The molecule has 0 amide bonds. The Kier molecular flexibility index (Phi) is 68.4. The van der Waals surface area contributed by atoms with E-state index in [-0.39, 0.29) is 25.7 Å². The van der Waals surface area contributed by atoms with Gasteiger partial charge in [0, 0.05) is 25.7 Å². The third kappa shape index (κ3) is 70.4. The van der Waals surface area contributed by atoms with Gasteiger partial charge >= 0.3 is 39.5 Å². The van der Waals surface area contributed by atoms with Gasteiger partial charge in [-0.05, 0) is 122 Å². The maximum absolute atomic E-state index is 13.1. The van der Waals surface area contributed by atoms with E-state index in [4.69, 9.17) is 37.0 Å². The number of hydrogen-bond donors (Lipinski definition) is 3. The van der Waals surface area contributed by atoms with Gasteiger partial charge < -0.3 is 33.8 Å². The molecule has 0 rings (SSSR count). The summed E-state index contributed by atoms with van der Waals surface area (Å²) in [7, 11) is -9.96. The molecule has 0 aromatic heterocycles. The van der Waals surface area contributed by atoms with Crippen molar-refractivity contribution in [3.63, 3.8) is 0 Å². The number of aliphatic hydroxyl groups excluding tert-OH is 1. The minimum Gasteiger partial charge on any atom is -0.462 e. The molecule has 0 spiro atoms. The third-order valence-corrected chi connectivity index (χ3v) is 17.9. The molecular formula is C79H138O17P2. The van der Waals surface area contributed by atoms with E-state index in [0.717, 1.165) is 161 Å². The monoisotopic (exact) mass is 1420 g/mol. The van der Waals surface area contributed by atoms with Gasteiger partial charge in [-0.2, -0.15) is 0 Å². The molecule has 0 aliphatic carbocycles. The van der Waals surface area contributed by atoms with Crippen LogP contribution in [-0.2, 0) is 65.4 Å². The maximum atomic E-state index is 13.1. The molecule has 0 aromatic carbocycles. The number of carbonyl (C=O) groups is 4. The van der Waals surface area contributed by atoms with Gasteiger partial charge in [0.1, 0.15) is 19.3 Å². The standard InChI is InChI=1S/C79H138O17P2/c1-5-9-13-17-21-25-29-33-36-40-43-47-51-55-59-63-76(81)89-69-74(95-78(83)65-61-57-53-49-45-39-32-28-24-20-16-12-8-4)71-93-97(85,86)91-67-73(80)68-92-98(87,88)94-72-75(96-79(84)66-62-58-54-50-46-42-38-35-31-27-23-19-15-11-7-3)70-90-77(82)64-60-56-52-48-44-41-37-34-30-26-22-18-14-10-6-2/h9,13,16,20-22,25-26,28,32-34,36-37,43,47,73-75,80H,5-8,10-12,14-15,17-19,23-24,27,29-31,35,38-42,44-46,48-72H2,1-4H3,(H,85,86)(H,87,88)/b13-9-,20-16-,25-21-,26-22-,32-28-,36-33-,37-34-,47-43-. The quantitative estimate of drug-likeness (QED) is 0.0169. The molecule has 0 radical (unpaired) electrons. The second-order valence-electron chi connectivity index (χ2n) is 25.6. The molecule has 0 saturated heterocycles. The van der Waals surface area contributed by atoms with Gasteiger partial charge in [-0.25, -0.2) is 9.13 Å². The van der Waals surface area contributed by atoms with Crippen molar-refractivity contribution < 1.29 is 80.2 Å². The van der Waals surface area contributed by atoms with Crippen LogP contribution < -0.4 is 0 Å². The van der Waals surface area contributed by atoms with Crippen LogP contribution in [0.15, 0.2) is 97.2 Å². The number of hydrogen-bond acceptors (Lipinski definition) is 15. The van der Waals surface area contributed by atoms with Crippen molar-refractivity contribution in [1.82, 2.24) is 0 Å². The molecule has 0 heterocycles. The number of carbonyl (C=O) groups excluding carboxylic acids is 4. The van der Waals surface area contributed by atoms with Crippen LogP contribution in [0.4, 0.5) is 0 Å². The smallest absolute Gasteiger partial charge is 0.462 e. The topological polar surface area (TPSA) is 237 Å². The first-order chi connectivity index (χ1) is 47.7. The van der Waals surface area contributed by atoms with Gasteiger partial charge in [0.15, 0.2) is 12.2 Å². The SMILES string of the molecule is CC/C=C\C/C=C\C/C=C\C/C=C\CCCCC(=O)OCC(COP(=O)(O)OCC(O)COP(=O)(O)OCC(COC(=O)CCCCCCC/C=C\C/C=C\CCCCC)OC(=O)CCCCCCCCCCCCCCCCC)OC(=O)CCCCCCC/C=C\C/C=C\CCC. The Balaban J connectivity index is 5.38. The number of phosphoric ester groups is 2. The first-order valence-electron chi connectivity index (χ1n) is 38.5. The fraction of sp³-hybridized carbons (Fsp3) is 0.747. The Labute approximate surface area is 595 Å². The van der Waals surface area contributed by atoms with Gasteiger partial charge in [0.2, 0.25) is 0 Å². The first kappa shape index (κ1) is 94.0. The van der Waals surface area contributed by atoms with E-state index in [2.05, 4.69) is 125 Å². The summed E-state index contributed by atoms with van der Waals surface area (Å²) < 4.78 is 68.4. The molecule has 0 fully saturated rings. The molecule has 19 heteroatoms. The molecule has 3 N–H and O–H groups in total. The van der Waals surface area contributed by atoms with Crippen molar-refractivity contribution in [2.45, 2.75) is 341 Å². The summed E-state index contributed by atoms with van der Waals surface area (Å²) >= 11 is 0. The Morgan fingerprint density at radius 1 is 0.296 bits per heavy atom. The number of rotatable bonds is 72. The zero-order valence-corrected chi connectivity index (χ0v) is 63.5. The summed E-state index contributed by atoms with van der Waals surface area (Å²) in [6.07, 6.45) is 74.0. The highest BCUT2D eigenvalue weighted by molar-refractivity contribution is 7.47. The molecule has 5 unspecified atom stereocenters. The molecule has 0 aliphatic heterocycles. The maximum Gasteiger partial charge on any atom is 0.472 e. The molecule has 98 heavy (non-hydrogen) atoms. The number of esters is 4. The van der Waals surface area contributed by atoms with Crippen molar-refractivity contribution in [3.8, 4) is 0 Å². The fourth-order valence-electron chi connectivity index (χ4n) is 10.2. The Morgan fingerprint density at radius 2 is 0.551 bits per heavy atom. The lowest BCUT2D eigenvalue weighted by molar-refractivity contribution is -0.161. The molecule has 566 valence electrons. The summed E-state index contributed by atoms with van der Waals surface area (Å²) in [5.41, 5.74) is 0. The van der Waals surface area contributed by atoms with Gasteiger partial charge in [-0.15, -0.1) is 0 Å². The lowest BCUT2D eigenvalue weighted by atomic mass is 10.0. The zero-order chi connectivity index (χ0) is 71.8. The summed E-state index contributed by atoms with van der Waals surface area (Å²) in [5.74, 6) is -2.24. The fourth-order valence-corrected chi connectivity index (χ4v) is 11.7. The molecular weight excluding hydrogens is 1280 g/mol. The molecule has 0 aliphatic rings. The highest BCUT2D eigenvalue weighted by Crippen LogP contribution is 2.45. The summed E-state index contributed by atoms with van der Waals surface area (Å²) in [4.78, 5) is 72.8. The number of aliphatic hydroxyl groups is 1.